The molecule has 1 saturated heterocycles. The van der Waals surface area contributed by atoms with E-state index in [9.17, 15) is 0 Å². The number of rotatable bonds is 4. The largest absolute Gasteiger partial charge is 0.341 e. The molecule has 0 radical (unpaired) electrons. The van der Waals surface area contributed by atoms with Crippen molar-refractivity contribution < 1.29 is 0 Å². The molecule has 4 rings (SSSR count). The summed E-state index contributed by atoms with van der Waals surface area (Å²) in [5, 5.41) is 2.50. The Morgan fingerprint density at radius 1 is 1.00 bits per heavy atom. The van der Waals surface area contributed by atoms with Crippen molar-refractivity contribution >= 4 is 10.8 Å². The molecule has 0 saturated carbocycles. The van der Waals surface area contributed by atoms with Crippen LogP contribution in [0.4, 0.5) is 0 Å². The summed E-state index contributed by atoms with van der Waals surface area (Å²) in [4.78, 5) is 13.2. The van der Waals surface area contributed by atoms with E-state index in [-0.39, 0.29) is 0 Å². The number of aromatic nitrogens is 2. The smallest absolute Gasteiger partial charge is 0.138 e. The molecule has 0 bridgehead atoms. The van der Waals surface area contributed by atoms with Crippen LogP contribution in [0.15, 0.2) is 48.7 Å². The molecule has 0 aliphatic carbocycles. The molecular weight excluding hydrogens is 308 g/mol. The molecule has 1 aromatic heterocycles. The van der Waals surface area contributed by atoms with Crippen molar-refractivity contribution in [2.45, 2.75) is 26.4 Å². The molecule has 0 amide bonds. The molecule has 1 aliphatic rings. The molecule has 3 aromatic rings. The number of benzene rings is 2. The number of aromatic amines is 1. The third kappa shape index (κ3) is 3.46. The number of hydrogen-bond donors (Lipinski definition) is 1. The van der Waals surface area contributed by atoms with Crippen LogP contribution in [0, 0.1) is 0 Å². The third-order valence-electron chi connectivity index (χ3n) is 5.20. The first-order valence-corrected chi connectivity index (χ1v) is 9.19. The van der Waals surface area contributed by atoms with Gasteiger partial charge in [0.2, 0.25) is 0 Å². The van der Waals surface area contributed by atoms with Crippen LogP contribution in [-0.2, 0) is 6.54 Å². The van der Waals surface area contributed by atoms with E-state index in [1.165, 1.54) is 22.0 Å². The van der Waals surface area contributed by atoms with Crippen molar-refractivity contribution in [2.24, 2.45) is 0 Å². The first kappa shape index (κ1) is 16.3. The Kier molecular flexibility index (Phi) is 4.55. The molecule has 1 fully saturated rings. The van der Waals surface area contributed by atoms with Gasteiger partial charge in [-0.15, -0.1) is 0 Å². The minimum atomic E-state index is 0.646. The Bertz CT molecular complexity index is 838. The van der Waals surface area contributed by atoms with E-state index >= 15 is 0 Å². The molecule has 4 nitrogen and oxygen atoms in total. The third-order valence-corrected chi connectivity index (χ3v) is 5.20. The number of hydrogen-bond acceptors (Lipinski definition) is 3. The van der Waals surface area contributed by atoms with Crippen molar-refractivity contribution in [3.05, 3.63) is 54.4 Å². The van der Waals surface area contributed by atoms with Gasteiger partial charge in [-0.2, -0.15) is 0 Å². The molecule has 1 N–H and O–H groups in total. The second kappa shape index (κ2) is 6.98. The summed E-state index contributed by atoms with van der Waals surface area (Å²) in [6.07, 6.45) is 1.99. The number of H-pyrrole nitrogens is 1. The predicted octanol–water partition coefficient (Wildman–Crippen LogP) is 3.76. The zero-order valence-corrected chi connectivity index (χ0v) is 15.1. The maximum absolute atomic E-state index is 4.65. The van der Waals surface area contributed by atoms with Crippen LogP contribution in [0.3, 0.4) is 0 Å². The van der Waals surface area contributed by atoms with Crippen LogP contribution in [-0.4, -0.2) is 52.0 Å². The Morgan fingerprint density at radius 2 is 1.76 bits per heavy atom. The lowest BCUT2D eigenvalue weighted by Gasteiger charge is -2.36. The average Bonchev–Trinajstić information content (AvgIpc) is 3.10. The highest BCUT2D eigenvalue weighted by Crippen LogP contribution is 2.26. The van der Waals surface area contributed by atoms with Crippen LogP contribution in [0.1, 0.15) is 19.5 Å². The maximum Gasteiger partial charge on any atom is 0.138 e. The number of piperazine rings is 1. The second-order valence-corrected chi connectivity index (χ2v) is 7.19. The fourth-order valence-electron chi connectivity index (χ4n) is 3.69. The number of imidazole rings is 1. The highest BCUT2D eigenvalue weighted by molar-refractivity contribution is 5.95. The Hall–Kier alpha value is -2.17. The van der Waals surface area contributed by atoms with Gasteiger partial charge in [-0.3, -0.25) is 9.80 Å². The first-order chi connectivity index (χ1) is 12.2. The summed E-state index contributed by atoms with van der Waals surface area (Å²) >= 11 is 0. The Balaban J connectivity index is 1.49. The van der Waals surface area contributed by atoms with Crippen LogP contribution < -0.4 is 0 Å². The van der Waals surface area contributed by atoms with Crippen LogP contribution in [0.2, 0.25) is 0 Å². The molecule has 1 aliphatic heterocycles. The number of fused-ring (bicyclic) bond motifs is 1. The van der Waals surface area contributed by atoms with Crippen molar-refractivity contribution in [3.63, 3.8) is 0 Å². The molecule has 25 heavy (non-hydrogen) atoms. The Labute approximate surface area is 149 Å². The number of nitrogens with zero attached hydrogens (tertiary/aromatic N) is 3. The van der Waals surface area contributed by atoms with E-state index in [4.69, 9.17) is 0 Å². The second-order valence-electron chi connectivity index (χ2n) is 7.19. The fourth-order valence-corrected chi connectivity index (χ4v) is 3.69. The zero-order chi connectivity index (χ0) is 17.2. The van der Waals surface area contributed by atoms with Gasteiger partial charge in [0.05, 0.1) is 0 Å². The van der Waals surface area contributed by atoms with E-state index in [1.807, 2.05) is 6.20 Å². The zero-order valence-electron chi connectivity index (χ0n) is 15.1. The minimum absolute atomic E-state index is 0.646. The van der Waals surface area contributed by atoms with Gasteiger partial charge < -0.3 is 4.98 Å². The van der Waals surface area contributed by atoms with E-state index < -0.39 is 0 Å². The molecule has 130 valence electrons. The highest BCUT2D eigenvalue weighted by atomic mass is 15.3. The summed E-state index contributed by atoms with van der Waals surface area (Å²) < 4.78 is 0. The average molecular weight is 334 g/mol. The lowest BCUT2D eigenvalue weighted by atomic mass is 10.0. The normalized spacial score (nSPS) is 16.8. The summed E-state index contributed by atoms with van der Waals surface area (Å²) in [5.74, 6) is 0.965. The molecule has 0 atom stereocenters. The highest BCUT2D eigenvalue weighted by Gasteiger charge is 2.19. The van der Waals surface area contributed by atoms with Gasteiger partial charge in [0.25, 0.3) is 0 Å². The van der Waals surface area contributed by atoms with Gasteiger partial charge in [0.15, 0.2) is 0 Å². The van der Waals surface area contributed by atoms with Gasteiger partial charge in [0.1, 0.15) is 5.82 Å². The summed E-state index contributed by atoms with van der Waals surface area (Å²) in [6.45, 7) is 10.1. The standard InChI is InChI=1S/C21H26N4/c1-16(2)25-12-10-24(11-13-25)15-18-14-22-21(23-18)20-9-5-7-17-6-3-4-8-19(17)20/h3-9,14,16H,10-13,15H2,1-2H3,(H,22,23). The molecule has 0 spiro atoms. The Morgan fingerprint density at radius 3 is 2.56 bits per heavy atom. The van der Waals surface area contributed by atoms with Crippen LogP contribution >= 0.6 is 0 Å². The SMILES string of the molecule is CC(C)N1CCN(Cc2cnc(-c3cccc4ccccc34)[nH]2)CC1. The lowest BCUT2D eigenvalue weighted by molar-refractivity contribution is 0.103. The van der Waals surface area contributed by atoms with Crippen molar-refractivity contribution in [1.82, 2.24) is 19.8 Å². The van der Waals surface area contributed by atoms with Crippen molar-refractivity contribution in [2.75, 3.05) is 26.2 Å². The molecular formula is C21H26N4. The lowest BCUT2D eigenvalue weighted by Crippen LogP contribution is -2.48. The molecule has 4 heteroatoms. The fraction of sp³-hybridized carbons (Fsp3) is 0.381. The summed E-state index contributed by atoms with van der Waals surface area (Å²) in [7, 11) is 0. The van der Waals surface area contributed by atoms with E-state index in [1.54, 1.807) is 0 Å². The predicted molar refractivity (Wildman–Crippen MR) is 104 cm³/mol. The topological polar surface area (TPSA) is 35.2 Å². The summed E-state index contributed by atoms with van der Waals surface area (Å²) in [5.41, 5.74) is 2.37. The van der Waals surface area contributed by atoms with Gasteiger partial charge in [-0.25, -0.2) is 4.98 Å². The van der Waals surface area contributed by atoms with Gasteiger partial charge >= 0.3 is 0 Å². The molecule has 2 aromatic carbocycles. The van der Waals surface area contributed by atoms with Crippen molar-refractivity contribution in [3.8, 4) is 11.4 Å². The van der Waals surface area contributed by atoms with Gasteiger partial charge in [-0.1, -0.05) is 42.5 Å². The van der Waals surface area contributed by atoms with Gasteiger partial charge in [0, 0.05) is 56.2 Å². The summed E-state index contributed by atoms with van der Waals surface area (Å²) in [6, 6.07) is 15.5. The first-order valence-electron chi connectivity index (χ1n) is 9.19. The molecule has 0 unspecified atom stereocenters. The maximum atomic E-state index is 4.65. The van der Waals surface area contributed by atoms with Crippen LogP contribution in [0.25, 0.3) is 22.2 Å². The molecule has 2 heterocycles. The van der Waals surface area contributed by atoms with Crippen molar-refractivity contribution in [1.29, 1.82) is 0 Å². The van der Waals surface area contributed by atoms with E-state index in [2.05, 4.69) is 76.1 Å². The van der Waals surface area contributed by atoms with Crippen LogP contribution in [0.5, 0.6) is 0 Å². The minimum Gasteiger partial charge on any atom is -0.341 e. The van der Waals surface area contributed by atoms with E-state index in [0.717, 1.165) is 38.5 Å². The van der Waals surface area contributed by atoms with Gasteiger partial charge in [-0.05, 0) is 24.6 Å². The number of nitrogens with one attached hydrogen (secondary N) is 1. The van der Waals surface area contributed by atoms with E-state index in [0.29, 0.717) is 6.04 Å². The quantitative estimate of drug-likeness (QED) is 0.789. The monoisotopic (exact) mass is 334 g/mol.